The van der Waals surface area contributed by atoms with E-state index in [0.29, 0.717) is 13.0 Å². The predicted octanol–water partition coefficient (Wildman–Crippen LogP) is 2.45. The zero-order valence-electron chi connectivity index (χ0n) is 11.4. The number of carboxylic acid groups (broad SMARTS) is 1. The normalized spacial score (nSPS) is 17.4. The molecule has 102 valence electrons. The summed E-state index contributed by atoms with van der Waals surface area (Å²) in [6.45, 7) is 6.21. The van der Waals surface area contributed by atoms with Gasteiger partial charge in [0.2, 0.25) is 5.91 Å². The maximum atomic E-state index is 12.1. The third kappa shape index (κ3) is 4.17. The van der Waals surface area contributed by atoms with Gasteiger partial charge in [-0.2, -0.15) is 0 Å². The largest absolute Gasteiger partial charge is 0.481 e. The van der Waals surface area contributed by atoms with Crippen molar-refractivity contribution in [1.29, 1.82) is 0 Å². The fourth-order valence-corrected chi connectivity index (χ4v) is 2.81. The van der Waals surface area contributed by atoms with Crippen LogP contribution < -0.4 is 0 Å². The molecule has 0 bridgehead atoms. The van der Waals surface area contributed by atoms with Gasteiger partial charge in [0.05, 0.1) is 6.42 Å². The molecule has 4 nitrogen and oxygen atoms in total. The number of carbonyl (C=O) groups excluding carboxylic acids is 1. The second kappa shape index (κ2) is 6.03. The van der Waals surface area contributed by atoms with Crippen LogP contribution in [-0.4, -0.2) is 35.5 Å². The van der Waals surface area contributed by atoms with Crippen LogP contribution in [0.5, 0.6) is 0 Å². The highest BCUT2D eigenvalue weighted by Crippen LogP contribution is 2.44. The zero-order valence-corrected chi connectivity index (χ0v) is 11.4. The number of carbonyl (C=O) groups is 2. The summed E-state index contributed by atoms with van der Waals surface area (Å²) in [4.78, 5) is 24.7. The molecule has 0 radical (unpaired) electrons. The van der Waals surface area contributed by atoms with Crippen molar-refractivity contribution < 1.29 is 14.7 Å². The van der Waals surface area contributed by atoms with E-state index in [2.05, 4.69) is 6.58 Å². The first-order chi connectivity index (χ1) is 8.34. The third-order valence-corrected chi connectivity index (χ3v) is 3.65. The number of hydrogen-bond donors (Lipinski definition) is 1. The average Bonchev–Trinajstić information content (AvgIpc) is 2.63. The lowest BCUT2D eigenvalue weighted by atomic mass is 9.79. The molecule has 0 spiro atoms. The van der Waals surface area contributed by atoms with Crippen LogP contribution in [0.1, 0.15) is 45.4 Å². The van der Waals surface area contributed by atoms with Gasteiger partial charge in [-0.05, 0) is 25.2 Å². The van der Waals surface area contributed by atoms with E-state index in [9.17, 15) is 9.59 Å². The lowest BCUT2D eigenvalue weighted by molar-refractivity contribution is -0.141. The van der Waals surface area contributed by atoms with Crippen molar-refractivity contribution in [2.24, 2.45) is 5.41 Å². The zero-order chi connectivity index (χ0) is 13.8. The van der Waals surface area contributed by atoms with Crippen LogP contribution in [-0.2, 0) is 9.59 Å². The lowest BCUT2D eigenvalue weighted by Crippen LogP contribution is -2.34. The minimum atomic E-state index is -0.799. The second-order valence-corrected chi connectivity index (χ2v) is 5.66. The molecule has 0 atom stereocenters. The summed E-state index contributed by atoms with van der Waals surface area (Å²) in [7, 11) is 1.75. The van der Waals surface area contributed by atoms with Gasteiger partial charge in [0.25, 0.3) is 0 Å². The average molecular weight is 253 g/mol. The van der Waals surface area contributed by atoms with Crippen LogP contribution in [0.4, 0.5) is 0 Å². The molecule has 18 heavy (non-hydrogen) atoms. The highest BCUT2D eigenvalue weighted by Gasteiger charge is 2.38. The van der Waals surface area contributed by atoms with Gasteiger partial charge in [-0.3, -0.25) is 9.59 Å². The number of hydrogen-bond acceptors (Lipinski definition) is 2. The van der Waals surface area contributed by atoms with Gasteiger partial charge in [0.1, 0.15) is 0 Å². The standard InChI is InChI=1S/C14H23NO3/c1-11(2)10-15(3)12(16)8-14(9-13(17)18)6-4-5-7-14/h1,4-10H2,2-3H3,(H,17,18). The molecule has 1 N–H and O–H groups in total. The van der Waals surface area contributed by atoms with Crippen LogP contribution >= 0.6 is 0 Å². The van der Waals surface area contributed by atoms with Crippen LogP contribution in [0.25, 0.3) is 0 Å². The van der Waals surface area contributed by atoms with Crippen LogP contribution in [0.15, 0.2) is 12.2 Å². The minimum absolute atomic E-state index is 0.0288. The molecule has 0 aliphatic heterocycles. The monoisotopic (exact) mass is 253 g/mol. The Kier molecular flexibility index (Phi) is 4.93. The van der Waals surface area contributed by atoms with Crippen molar-refractivity contribution >= 4 is 11.9 Å². The molecule has 1 aliphatic carbocycles. The molecule has 1 amide bonds. The molecule has 1 rings (SSSR count). The van der Waals surface area contributed by atoms with Crippen LogP contribution in [0.3, 0.4) is 0 Å². The number of carboxylic acids is 1. The summed E-state index contributed by atoms with van der Waals surface area (Å²) in [5.74, 6) is -0.770. The summed E-state index contributed by atoms with van der Waals surface area (Å²) < 4.78 is 0. The molecule has 0 saturated heterocycles. The fraction of sp³-hybridized carbons (Fsp3) is 0.714. The molecule has 0 aromatic rings. The number of nitrogens with zero attached hydrogens (tertiary/aromatic N) is 1. The summed E-state index contributed by atoms with van der Waals surface area (Å²) >= 11 is 0. The number of rotatable bonds is 6. The van der Waals surface area contributed by atoms with Crippen molar-refractivity contribution in [1.82, 2.24) is 4.90 Å². The quantitative estimate of drug-likeness (QED) is 0.740. The van der Waals surface area contributed by atoms with Gasteiger partial charge in [-0.25, -0.2) is 0 Å². The van der Waals surface area contributed by atoms with E-state index < -0.39 is 5.97 Å². The van der Waals surface area contributed by atoms with Crippen molar-refractivity contribution in [3.05, 3.63) is 12.2 Å². The number of amides is 1. The van der Waals surface area contributed by atoms with Gasteiger partial charge in [0, 0.05) is 20.0 Å². The van der Waals surface area contributed by atoms with E-state index in [1.54, 1.807) is 11.9 Å². The highest BCUT2D eigenvalue weighted by atomic mass is 16.4. The van der Waals surface area contributed by atoms with Gasteiger partial charge in [0.15, 0.2) is 0 Å². The first kappa shape index (κ1) is 14.7. The van der Waals surface area contributed by atoms with Crippen molar-refractivity contribution in [2.45, 2.75) is 45.4 Å². The first-order valence-corrected chi connectivity index (χ1v) is 6.45. The second-order valence-electron chi connectivity index (χ2n) is 5.66. The molecule has 0 aromatic heterocycles. The van der Waals surface area contributed by atoms with E-state index in [1.807, 2.05) is 6.92 Å². The Morgan fingerprint density at radius 2 is 1.83 bits per heavy atom. The van der Waals surface area contributed by atoms with E-state index >= 15 is 0 Å². The molecular weight excluding hydrogens is 230 g/mol. The van der Waals surface area contributed by atoms with E-state index in [4.69, 9.17) is 5.11 Å². The van der Waals surface area contributed by atoms with Crippen LogP contribution in [0.2, 0.25) is 0 Å². The first-order valence-electron chi connectivity index (χ1n) is 6.45. The summed E-state index contributed by atoms with van der Waals surface area (Å²) in [6, 6.07) is 0. The van der Waals surface area contributed by atoms with Gasteiger partial charge in [-0.1, -0.05) is 25.0 Å². The predicted molar refractivity (Wildman–Crippen MR) is 70.2 cm³/mol. The van der Waals surface area contributed by atoms with E-state index in [-0.39, 0.29) is 17.7 Å². The van der Waals surface area contributed by atoms with E-state index in [1.165, 1.54) is 0 Å². The minimum Gasteiger partial charge on any atom is -0.481 e. The SMILES string of the molecule is C=C(C)CN(C)C(=O)CC1(CC(=O)O)CCCC1. The Hall–Kier alpha value is -1.32. The number of aliphatic carboxylic acids is 1. The summed E-state index contributed by atoms with van der Waals surface area (Å²) in [5.41, 5.74) is 0.622. The summed E-state index contributed by atoms with van der Waals surface area (Å²) in [5, 5.41) is 9.00. The smallest absolute Gasteiger partial charge is 0.303 e. The third-order valence-electron chi connectivity index (χ3n) is 3.65. The Bertz CT molecular complexity index is 343. The molecule has 0 unspecified atom stereocenters. The molecule has 4 heteroatoms. The van der Waals surface area contributed by atoms with Crippen molar-refractivity contribution in [2.75, 3.05) is 13.6 Å². The van der Waals surface area contributed by atoms with Crippen LogP contribution in [0, 0.1) is 5.41 Å². The number of likely N-dealkylation sites (N-methyl/N-ethyl adjacent to an activating group) is 1. The Balaban J connectivity index is 2.63. The fourth-order valence-electron chi connectivity index (χ4n) is 2.81. The lowest BCUT2D eigenvalue weighted by Gasteiger charge is -2.29. The van der Waals surface area contributed by atoms with Crippen molar-refractivity contribution in [3.63, 3.8) is 0 Å². The molecule has 1 fully saturated rings. The maximum absolute atomic E-state index is 12.1. The Morgan fingerprint density at radius 3 is 2.28 bits per heavy atom. The highest BCUT2D eigenvalue weighted by molar-refractivity contribution is 5.78. The van der Waals surface area contributed by atoms with Gasteiger partial charge < -0.3 is 10.0 Å². The topological polar surface area (TPSA) is 57.6 Å². The molecule has 0 aromatic carbocycles. The molecule has 1 aliphatic rings. The Labute approximate surface area is 109 Å². The molecule has 1 saturated carbocycles. The van der Waals surface area contributed by atoms with E-state index in [0.717, 1.165) is 31.3 Å². The van der Waals surface area contributed by atoms with Crippen molar-refractivity contribution in [3.8, 4) is 0 Å². The summed E-state index contributed by atoms with van der Waals surface area (Å²) in [6.07, 6.45) is 4.23. The van der Waals surface area contributed by atoms with Gasteiger partial charge >= 0.3 is 5.97 Å². The molecular formula is C14H23NO3. The van der Waals surface area contributed by atoms with Gasteiger partial charge in [-0.15, -0.1) is 0 Å². The Morgan fingerprint density at radius 1 is 1.28 bits per heavy atom. The maximum Gasteiger partial charge on any atom is 0.303 e. The molecule has 0 heterocycles.